The quantitative estimate of drug-likeness (QED) is 0.467. The third kappa shape index (κ3) is 5.84. The minimum Gasteiger partial charge on any atom is -0.210 e. The van der Waals surface area contributed by atoms with Crippen molar-refractivity contribution in [3.05, 3.63) is 0 Å². The summed E-state index contributed by atoms with van der Waals surface area (Å²) in [5.41, 5.74) is 0. The Morgan fingerprint density at radius 3 is 1.67 bits per heavy atom. The molecule has 0 aliphatic heterocycles. The highest BCUT2D eigenvalue weighted by atomic mass is 35.5. The van der Waals surface area contributed by atoms with E-state index in [0.717, 1.165) is 25.9 Å². The minimum absolute atomic E-state index is 0.414. The van der Waals surface area contributed by atoms with Crippen LogP contribution in [0.2, 0.25) is 0 Å². The van der Waals surface area contributed by atoms with Crippen LogP contribution >= 0.6 is 23.2 Å². The molecule has 0 aromatic heterocycles. The minimum atomic E-state index is 0.414. The van der Waals surface area contributed by atoms with Crippen LogP contribution in [-0.4, -0.2) is 22.3 Å². The predicted octanol–water partition coefficient (Wildman–Crippen LogP) is 3.43. The molecule has 0 rings (SSSR count). The average molecular weight is 211 g/mol. The normalized spacial score (nSPS) is 10.0. The third-order valence-corrected chi connectivity index (χ3v) is 2.28. The lowest BCUT2D eigenvalue weighted by atomic mass is 10.3. The molecule has 0 saturated carbocycles. The van der Waals surface area contributed by atoms with Crippen LogP contribution in [0.4, 0.5) is 0 Å². The molecule has 0 bridgehead atoms. The molecule has 3 heteroatoms. The molecule has 0 aliphatic carbocycles. The fraction of sp³-hybridized carbons (Fsp3) is 0.889. The van der Waals surface area contributed by atoms with Crippen molar-refractivity contribution in [2.24, 2.45) is 0 Å². The van der Waals surface area contributed by atoms with Gasteiger partial charge in [0.1, 0.15) is 13.1 Å². The summed E-state index contributed by atoms with van der Waals surface area (Å²) in [4.78, 5) is 0. The van der Waals surface area contributed by atoms with Crippen molar-refractivity contribution in [2.45, 2.75) is 39.5 Å². The first kappa shape index (κ1) is 12.2. The highest BCUT2D eigenvalue weighted by molar-refractivity contribution is 6.94. The molecule has 0 saturated heterocycles. The monoisotopic (exact) mass is 210 g/mol. The van der Waals surface area contributed by atoms with Crippen molar-refractivity contribution < 1.29 is 4.58 Å². The maximum absolute atomic E-state index is 5.72. The Balaban J connectivity index is 3.80. The lowest BCUT2D eigenvalue weighted by Gasteiger charge is -2.01. The van der Waals surface area contributed by atoms with Gasteiger partial charge in [0.15, 0.2) is 0 Å². The van der Waals surface area contributed by atoms with E-state index in [1.807, 2.05) is 4.58 Å². The van der Waals surface area contributed by atoms with Gasteiger partial charge in [-0.3, -0.25) is 0 Å². The Morgan fingerprint density at radius 1 is 1.00 bits per heavy atom. The van der Waals surface area contributed by atoms with E-state index in [1.54, 1.807) is 0 Å². The number of rotatable bonds is 6. The van der Waals surface area contributed by atoms with Gasteiger partial charge in [0.25, 0.3) is 0 Å². The van der Waals surface area contributed by atoms with Crippen LogP contribution in [0.15, 0.2) is 0 Å². The highest BCUT2D eigenvalue weighted by Crippen LogP contribution is 1.99. The van der Waals surface area contributed by atoms with E-state index in [9.17, 15) is 0 Å². The first-order valence-corrected chi connectivity index (χ1v) is 5.40. The van der Waals surface area contributed by atoms with Crippen LogP contribution in [0, 0.1) is 0 Å². The number of halogens is 2. The van der Waals surface area contributed by atoms with Gasteiger partial charge in [0.05, 0.1) is 0 Å². The summed E-state index contributed by atoms with van der Waals surface area (Å²) in [5.74, 6) is 0. The fourth-order valence-electron chi connectivity index (χ4n) is 0.979. The molecule has 12 heavy (non-hydrogen) atoms. The van der Waals surface area contributed by atoms with Gasteiger partial charge in [0.2, 0.25) is 0 Å². The van der Waals surface area contributed by atoms with Crippen LogP contribution < -0.4 is 0 Å². The van der Waals surface area contributed by atoms with E-state index in [4.69, 9.17) is 23.2 Å². The SMILES string of the molecule is CCCC[N+](CCCC)=C(Cl)Cl. The molecule has 72 valence electrons. The summed E-state index contributed by atoms with van der Waals surface area (Å²) in [5, 5.41) is 0. The lowest BCUT2D eigenvalue weighted by molar-refractivity contribution is -0.524. The Kier molecular flexibility index (Phi) is 8.04. The zero-order chi connectivity index (χ0) is 9.40. The van der Waals surface area contributed by atoms with Crippen LogP contribution in [0.25, 0.3) is 0 Å². The van der Waals surface area contributed by atoms with Crippen LogP contribution in [0.5, 0.6) is 0 Å². The molecule has 0 aromatic rings. The molecule has 0 heterocycles. The van der Waals surface area contributed by atoms with E-state index < -0.39 is 0 Å². The van der Waals surface area contributed by atoms with Gasteiger partial charge >= 0.3 is 4.63 Å². The van der Waals surface area contributed by atoms with E-state index in [-0.39, 0.29) is 0 Å². The van der Waals surface area contributed by atoms with Crippen molar-refractivity contribution in [1.29, 1.82) is 0 Å². The number of nitrogens with zero attached hydrogens (tertiary/aromatic N) is 1. The number of hydrogen-bond acceptors (Lipinski definition) is 0. The Bertz CT molecular complexity index is 129. The van der Waals surface area contributed by atoms with Gasteiger partial charge in [-0.05, 0) is 0 Å². The largest absolute Gasteiger partial charge is 0.341 e. The standard InChI is InChI=1S/C9H18Cl2N/c1-3-5-7-12(9(10)11)8-6-4-2/h3-8H2,1-2H3/q+1. The second kappa shape index (κ2) is 7.88. The van der Waals surface area contributed by atoms with Crippen LogP contribution in [0.3, 0.4) is 0 Å². The van der Waals surface area contributed by atoms with Gasteiger partial charge in [-0.15, -0.1) is 0 Å². The molecule has 1 nitrogen and oxygen atoms in total. The molecule has 0 atom stereocenters. The van der Waals surface area contributed by atoms with Gasteiger partial charge in [-0.2, -0.15) is 0 Å². The molecule has 0 aromatic carbocycles. The van der Waals surface area contributed by atoms with E-state index in [1.165, 1.54) is 12.8 Å². The fourth-order valence-corrected chi connectivity index (χ4v) is 1.32. The van der Waals surface area contributed by atoms with Crippen molar-refractivity contribution in [3.8, 4) is 0 Å². The average Bonchev–Trinajstić information content (AvgIpc) is 2.04. The smallest absolute Gasteiger partial charge is 0.210 e. The lowest BCUT2D eigenvalue weighted by Crippen LogP contribution is -2.17. The van der Waals surface area contributed by atoms with E-state index in [0.29, 0.717) is 4.63 Å². The van der Waals surface area contributed by atoms with Gasteiger partial charge in [0, 0.05) is 36.0 Å². The summed E-state index contributed by atoms with van der Waals surface area (Å²) < 4.78 is 2.45. The van der Waals surface area contributed by atoms with Gasteiger partial charge < -0.3 is 0 Å². The molecule has 0 N–H and O–H groups in total. The molecule has 0 radical (unpaired) electrons. The van der Waals surface area contributed by atoms with Crippen LogP contribution in [0.1, 0.15) is 39.5 Å². The van der Waals surface area contributed by atoms with Crippen molar-refractivity contribution in [3.63, 3.8) is 0 Å². The van der Waals surface area contributed by atoms with Crippen molar-refractivity contribution >= 4 is 27.8 Å². The second-order valence-electron chi connectivity index (χ2n) is 2.93. The van der Waals surface area contributed by atoms with Gasteiger partial charge in [-0.1, -0.05) is 26.7 Å². The Labute approximate surface area is 85.4 Å². The van der Waals surface area contributed by atoms with Crippen molar-refractivity contribution in [1.82, 2.24) is 0 Å². The Morgan fingerprint density at radius 2 is 1.42 bits per heavy atom. The number of hydrogen-bond donors (Lipinski definition) is 0. The molecular formula is C9H18Cl2N+. The second-order valence-corrected chi connectivity index (χ2v) is 3.84. The highest BCUT2D eigenvalue weighted by Gasteiger charge is 2.07. The summed E-state index contributed by atoms with van der Waals surface area (Å²) >= 11 is 11.4. The predicted molar refractivity (Wildman–Crippen MR) is 56.5 cm³/mol. The van der Waals surface area contributed by atoms with Gasteiger partial charge in [-0.25, -0.2) is 4.58 Å². The number of unbranched alkanes of at least 4 members (excludes halogenated alkanes) is 2. The van der Waals surface area contributed by atoms with E-state index >= 15 is 0 Å². The Hall–Kier alpha value is 0.250. The molecule has 0 fully saturated rings. The van der Waals surface area contributed by atoms with Crippen LogP contribution in [-0.2, 0) is 0 Å². The maximum Gasteiger partial charge on any atom is 0.341 e. The summed E-state index contributed by atoms with van der Waals surface area (Å²) in [7, 11) is 0. The zero-order valence-electron chi connectivity index (χ0n) is 7.95. The molecular weight excluding hydrogens is 193 g/mol. The zero-order valence-corrected chi connectivity index (χ0v) is 9.46. The first-order valence-electron chi connectivity index (χ1n) is 4.65. The summed E-state index contributed by atoms with van der Waals surface area (Å²) in [6.45, 7) is 6.30. The van der Waals surface area contributed by atoms with E-state index in [2.05, 4.69) is 13.8 Å². The summed E-state index contributed by atoms with van der Waals surface area (Å²) in [6.07, 6.45) is 4.69. The maximum atomic E-state index is 5.72. The van der Waals surface area contributed by atoms with Crippen molar-refractivity contribution in [2.75, 3.05) is 13.1 Å². The first-order chi connectivity index (χ1) is 5.72. The topological polar surface area (TPSA) is 3.01 Å². The third-order valence-electron chi connectivity index (χ3n) is 1.80. The molecule has 0 spiro atoms. The molecule has 0 unspecified atom stereocenters. The molecule has 0 amide bonds. The summed E-state index contributed by atoms with van der Waals surface area (Å²) in [6, 6.07) is 0. The molecule has 0 aliphatic rings.